The van der Waals surface area contributed by atoms with Crippen molar-refractivity contribution in [3.05, 3.63) is 0 Å². The molecule has 0 radical (unpaired) electrons. The van der Waals surface area contributed by atoms with E-state index >= 15 is 0 Å². The average Bonchev–Trinajstić information content (AvgIpc) is 2.71. The summed E-state index contributed by atoms with van der Waals surface area (Å²) >= 11 is 0. The molecule has 0 aromatic rings. The van der Waals surface area contributed by atoms with Crippen LogP contribution in [-0.4, -0.2) is 30.0 Å². The van der Waals surface area contributed by atoms with E-state index in [9.17, 15) is 0 Å². The van der Waals surface area contributed by atoms with Gasteiger partial charge in [0, 0.05) is 6.54 Å². The van der Waals surface area contributed by atoms with E-state index in [0.29, 0.717) is 11.5 Å². The summed E-state index contributed by atoms with van der Waals surface area (Å²) in [5.41, 5.74) is 6.51. The molecule has 1 unspecified atom stereocenters. The van der Waals surface area contributed by atoms with Crippen molar-refractivity contribution in [2.75, 3.05) is 13.1 Å². The van der Waals surface area contributed by atoms with Gasteiger partial charge in [0.05, 0.1) is 12.6 Å². The maximum absolute atomic E-state index is 6.03. The van der Waals surface area contributed by atoms with Gasteiger partial charge in [-0.3, -0.25) is 4.99 Å². The summed E-state index contributed by atoms with van der Waals surface area (Å²) < 4.78 is 0. The van der Waals surface area contributed by atoms with E-state index < -0.39 is 0 Å². The van der Waals surface area contributed by atoms with Gasteiger partial charge in [-0.1, -0.05) is 27.7 Å². The molecule has 1 atom stereocenters. The summed E-state index contributed by atoms with van der Waals surface area (Å²) in [7, 11) is 0. The Kier molecular flexibility index (Phi) is 4.42. The summed E-state index contributed by atoms with van der Waals surface area (Å²) in [6, 6.07) is 0.584. The number of hydrogen-bond acceptors (Lipinski definition) is 3. The van der Waals surface area contributed by atoms with Gasteiger partial charge < -0.3 is 10.6 Å². The smallest absolute Gasteiger partial charge is 0.191 e. The number of guanidine groups is 1. The zero-order valence-corrected chi connectivity index (χ0v) is 13.2. The molecule has 1 aliphatic heterocycles. The fraction of sp³-hybridized carbons (Fsp3) is 0.938. The number of rotatable bonds is 3. The second-order valence-corrected chi connectivity index (χ2v) is 7.44. The Bertz CT molecular complexity index is 321. The molecule has 0 aromatic carbocycles. The molecular weight excluding hydrogens is 234 g/mol. The lowest BCUT2D eigenvalue weighted by Gasteiger charge is -2.41. The second kappa shape index (κ2) is 5.72. The Morgan fingerprint density at radius 3 is 2.37 bits per heavy atom. The van der Waals surface area contributed by atoms with E-state index in [1.54, 1.807) is 0 Å². The number of aliphatic imine (C=N–C) groups is 1. The monoisotopic (exact) mass is 265 g/mol. The van der Waals surface area contributed by atoms with E-state index in [0.717, 1.165) is 37.3 Å². The molecule has 19 heavy (non-hydrogen) atoms. The van der Waals surface area contributed by atoms with Crippen LogP contribution in [0.5, 0.6) is 0 Å². The molecule has 2 aliphatic rings. The number of hydrogen-bond donors (Lipinski definition) is 1. The molecule has 0 bridgehead atoms. The van der Waals surface area contributed by atoms with Gasteiger partial charge in [0.2, 0.25) is 0 Å². The molecule has 110 valence electrons. The van der Waals surface area contributed by atoms with Crippen LogP contribution in [-0.2, 0) is 0 Å². The highest BCUT2D eigenvalue weighted by molar-refractivity contribution is 5.80. The van der Waals surface area contributed by atoms with Crippen LogP contribution in [0.25, 0.3) is 0 Å². The lowest BCUT2D eigenvalue weighted by atomic mass is 9.68. The fourth-order valence-corrected chi connectivity index (χ4v) is 3.84. The van der Waals surface area contributed by atoms with Crippen molar-refractivity contribution >= 4 is 5.96 Å². The molecule has 3 nitrogen and oxygen atoms in total. The first-order valence-corrected chi connectivity index (χ1v) is 8.00. The SMILES string of the molecule is CCCN1C(N)=NCC1C1CCC(C(C)(C)C)CC1. The Labute approximate surface area is 118 Å². The van der Waals surface area contributed by atoms with Gasteiger partial charge in [-0.2, -0.15) is 0 Å². The van der Waals surface area contributed by atoms with Gasteiger partial charge >= 0.3 is 0 Å². The molecule has 2 N–H and O–H groups in total. The van der Waals surface area contributed by atoms with Crippen LogP contribution >= 0.6 is 0 Å². The standard InChI is InChI=1S/C16H31N3/c1-5-10-19-14(11-18-15(19)17)12-6-8-13(9-7-12)16(2,3)4/h12-14H,5-11H2,1-4H3,(H2,17,18). The molecule has 1 heterocycles. The number of nitrogens with zero attached hydrogens (tertiary/aromatic N) is 2. The molecule has 1 fully saturated rings. The molecule has 0 aromatic heterocycles. The van der Waals surface area contributed by atoms with Crippen LogP contribution in [0.1, 0.15) is 59.8 Å². The molecular formula is C16H31N3. The minimum atomic E-state index is 0.472. The maximum Gasteiger partial charge on any atom is 0.191 e. The third-order valence-electron chi connectivity index (χ3n) is 5.14. The van der Waals surface area contributed by atoms with Gasteiger partial charge in [-0.05, 0) is 49.4 Å². The van der Waals surface area contributed by atoms with E-state index in [-0.39, 0.29) is 0 Å². The van der Waals surface area contributed by atoms with Crippen molar-refractivity contribution in [3.8, 4) is 0 Å². The predicted octanol–water partition coefficient (Wildman–Crippen LogP) is 3.25. The summed E-state index contributed by atoms with van der Waals surface area (Å²) in [5.74, 6) is 2.47. The summed E-state index contributed by atoms with van der Waals surface area (Å²) in [4.78, 5) is 6.84. The average molecular weight is 265 g/mol. The molecule has 1 saturated carbocycles. The first kappa shape index (κ1) is 14.7. The summed E-state index contributed by atoms with van der Waals surface area (Å²) in [5, 5.41) is 0. The summed E-state index contributed by atoms with van der Waals surface area (Å²) in [6.45, 7) is 11.4. The zero-order chi connectivity index (χ0) is 14.0. The Balaban J connectivity index is 1.91. The van der Waals surface area contributed by atoms with Gasteiger partial charge in [-0.25, -0.2) is 0 Å². The number of nitrogens with two attached hydrogens (primary N) is 1. The van der Waals surface area contributed by atoms with Gasteiger partial charge in [0.25, 0.3) is 0 Å². The first-order valence-electron chi connectivity index (χ1n) is 8.00. The summed E-state index contributed by atoms with van der Waals surface area (Å²) in [6.07, 6.45) is 6.63. The van der Waals surface area contributed by atoms with Crippen molar-refractivity contribution in [2.45, 2.75) is 65.8 Å². The van der Waals surface area contributed by atoms with Crippen molar-refractivity contribution < 1.29 is 0 Å². The van der Waals surface area contributed by atoms with E-state index in [2.05, 4.69) is 37.6 Å². The van der Waals surface area contributed by atoms with Gasteiger partial charge in [0.15, 0.2) is 5.96 Å². The van der Waals surface area contributed by atoms with Crippen LogP contribution in [0.3, 0.4) is 0 Å². The van der Waals surface area contributed by atoms with Crippen LogP contribution in [0.2, 0.25) is 0 Å². The van der Waals surface area contributed by atoms with Crippen molar-refractivity contribution in [2.24, 2.45) is 28.0 Å². The quantitative estimate of drug-likeness (QED) is 0.851. The maximum atomic E-state index is 6.03. The largest absolute Gasteiger partial charge is 0.370 e. The van der Waals surface area contributed by atoms with E-state index in [1.165, 1.54) is 25.7 Å². The molecule has 1 aliphatic carbocycles. The van der Waals surface area contributed by atoms with Crippen LogP contribution < -0.4 is 5.73 Å². The lowest BCUT2D eigenvalue weighted by Crippen LogP contribution is -2.46. The van der Waals surface area contributed by atoms with Crippen LogP contribution in [0.4, 0.5) is 0 Å². The van der Waals surface area contributed by atoms with Crippen molar-refractivity contribution in [1.82, 2.24) is 4.90 Å². The van der Waals surface area contributed by atoms with Gasteiger partial charge in [0.1, 0.15) is 0 Å². The molecule has 0 spiro atoms. The predicted molar refractivity (Wildman–Crippen MR) is 82.2 cm³/mol. The normalized spacial score (nSPS) is 32.5. The Morgan fingerprint density at radius 1 is 1.21 bits per heavy atom. The topological polar surface area (TPSA) is 41.6 Å². The van der Waals surface area contributed by atoms with Crippen molar-refractivity contribution in [3.63, 3.8) is 0 Å². The van der Waals surface area contributed by atoms with Crippen LogP contribution in [0, 0.1) is 17.3 Å². The first-order chi connectivity index (χ1) is 8.93. The minimum absolute atomic E-state index is 0.472. The zero-order valence-electron chi connectivity index (χ0n) is 13.2. The molecule has 0 amide bonds. The molecule has 2 rings (SSSR count). The Morgan fingerprint density at radius 2 is 1.84 bits per heavy atom. The van der Waals surface area contributed by atoms with Crippen LogP contribution in [0.15, 0.2) is 4.99 Å². The minimum Gasteiger partial charge on any atom is -0.370 e. The highest BCUT2D eigenvalue weighted by atomic mass is 15.3. The van der Waals surface area contributed by atoms with Gasteiger partial charge in [-0.15, -0.1) is 0 Å². The third-order valence-corrected chi connectivity index (χ3v) is 5.14. The highest BCUT2D eigenvalue weighted by Gasteiger charge is 2.37. The molecule has 0 saturated heterocycles. The fourth-order valence-electron chi connectivity index (χ4n) is 3.84. The second-order valence-electron chi connectivity index (χ2n) is 7.44. The lowest BCUT2D eigenvalue weighted by molar-refractivity contribution is 0.115. The van der Waals surface area contributed by atoms with E-state index in [4.69, 9.17) is 5.73 Å². The highest BCUT2D eigenvalue weighted by Crippen LogP contribution is 2.41. The molecule has 3 heteroatoms. The van der Waals surface area contributed by atoms with E-state index in [1.807, 2.05) is 0 Å². The van der Waals surface area contributed by atoms with Crippen molar-refractivity contribution in [1.29, 1.82) is 0 Å². The third kappa shape index (κ3) is 3.24. The Hall–Kier alpha value is -0.730.